The lowest BCUT2D eigenvalue weighted by Crippen LogP contribution is -2.59. The van der Waals surface area contributed by atoms with Crippen LogP contribution in [0, 0.1) is 3.70 Å². The first-order valence-corrected chi connectivity index (χ1v) is 7.79. The molecular weight excluding hydrogens is 403 g/mol. The maximum absolute atomic E-state index is 11.8. The van der Waals surface area contributed by atoms with Crippen LogP contribution in [0.5, 0.6) is 0 Å². The van der Waals surface area contributed by atoms with Crippen LogP contribution in [0.4, 0.5) is 5.82 Å². The smallest absolute Gasteiger partial charge is 0.357 e. The minimum Gasteiger partial charge on any atom is -0.399 e. The molecular formula is C13H13IN4O4. The summed E-state index contributed by atoms with van der Waals surface area (Å²) in [6.45, 7) is 1.36. The van der Waals surface area contributed by atoms with Crippen molar-refractivity contribution in [1.29, 1.82) is 0 Å². The summed E-state index contributed by atoms with van der Waals surface area (Å²) in [6.07, 6.45) is 2.89. The summed E-state index contributed by atoms with van der Waals surface area (Å²) in [5.74, 6) is -2.36. The van der Waals surface area contributed by atoms with E-state index >= 15 is 0 Å². The summed E-state index contributed by atoms with van der Waals surface area (Å²) in [5.41, 5.74) is 0. The lowest BCUT2D eigenvalue weighted by atomic mass is 10.3. The minimum atomic E-state index is -1.56. The molecule has 9 heteroatoms. The van der Waals surface area contributed by atoms with E-state index in [-0.39, 0.29) is 6.54 Å². The van der Waals surface area contributed by atoms with Gasteiger partial charge in [0.25, 0.3) is 0 Å². The number of rotatable bonds is 1. The fourth-order valence-electron chi connectivity index (χ4n) is 2.34. The van der Waals surface area contributed by atoms with Gasteiger partial charge in [0.2, 0.25) is 0 Å². The Morgan fingerprint density at radius 3 is 2.55 bits per heavy atom. The monoisotopic (exact) mass is 416 g/mol. The highest BCUT2D eigenvalue weighted by Gasteiger charge is 2.47. The highest BCUT2D eigenvalue weighted by atomic mass is 127. The molecule has 1 aromatic rings. The Labute approximate surface area is 140 Å². The van der Waals surface area contributed by atoms with Gasteiger partial charge in [0, 0.05) is 18.7 Å². The molecule has 8 nitrogen and oxygen atoms in total. The van der Waals surface area contributed by atoms with Crippen LogP contribution in [0.1, 0.15) is 6.42 Å². The Kier molecular flexibility index (Phi) is 4.25. The molecule has 22 heavy (non-hydrogen) atoms. The number of nitrogens with one attached hydrogen (secondary N) is 1. The van der Waals surface area contributed by atoms with Crippen molar-refractivity contribution in [2.24, 2.45) is 0 Å². The molecule has 116 valence electrons. The van der Waals surface area contributed by atoms with Crippen LogP contribution < -0.4 is 10.2 Å². The normalized spacial score (nSPS) is 21.0. The predicted molar refractivity (Wildman–Crippen MR) is 83.6 cm³/mol. The molecule has 1 saturated heterocycles. The van der Waals surface area contributed by atoms with E-state index < -0.39 is 17.8 Å². The Morgan fingerprint density at radius 2 is 1.91 bits per heavy atom. The molecule has 1 N–H and O–H groups in total. The van der Waals surface area contributed by atoms with E-state index in [0.29, 0.717) is 18.9 Å². The Morgan fingerprint density at radius 1 is 1.18 bits per heavy atom. The molecule has 0 saturated carbocycles. The fourth-order valence-corrected chi connectivity index (χ4v) is 2.63. The Bertz CT molecular complexity index is 599. The van der Waals surface area contributed by atoms with E-state index in [1.807, 2.05) is 22.6 Å². The van der Waals surface area contributed by atoms with Gasteiger partial charge in [0.05, 0.1) is 6.54 Å². The molecule has 1 spiro atoms. The Hall–Kier alpha value is -1.75. The lowest BCUT2D eigenvalue weighted by molar-refractivity contribution is -0.217. The molecule has 0 aliphatic carbocycles. The van der Waals surface area contributed by atoms with Crippen molar-refractivity contribution in [3.8, 4) is 0 Å². The van der Waals surface area contributed by atoms with Gasteiger partial charge < -0.3 is 14.8 Å². The summed E-state index contributed by atoms with van der Waals surface area (Å²) in [4.78, 5) is 25.3. The number of halogens is 1. The van der Waals surface area contributed by atoms with Crippen molar-refractivity contribution in [3.63, 3.8) is 0 Å². The molecule has 0 aromatic carbocycles. The van der Waals surface area contributed by atoms with Crippen molar-refractivity contribution in [2.45, 2.75) is 12.3 Å². The van der Waals surface area contributed by atoms with Gasteiger partial charge in [-0.05, 0) is 47.7 Å². The SMILES string of the molecule is O=C1C=CC(=O)OC2(CNCCCN2c2ccc(I)nn2)O1. The molecule has 2 aliphatic rings. The van der Waals surface area contributed by atoms with Crippen LogP contribution in [0.15, 0.2) is 24.3 Å². The summed E-state index contributed by atoms with van der Waals surface area (Å²) < 4.78 is 11.6. The van der Waals surface area contributed by atoms with Crippen molar-refractivity contribution < 1.29 is 19.1 Å². The lowest BCUT2D eigenvalue weighted by Gasteiger charge is -2.39. The summed E-state index contributed by atoms with van der Waals surface area (Å²) in [5, 5.41) is 11.2. The number of ether oxygens (including phenoxy) is 2. The van der Waals surface area contributed by atoms with Crippen molar-refractivity contribution in [3.05, 3.63) is 28.0 Å². The molecule has 0 unspecified atom stereocenters. The van der Waals surface area contributed by atoms with E-state index in [0.717, 1.165) is 22.3 Å². The third kappa shape index (κ3) is 3.04. The standard InChI is InChI=1S/C13H13IN4O4/c14-9-2-3-10(17-16-9)18-7-1-6-15-8-13(18)21-11(19)4-5-12(20)22-13/h2-5,15H,1,6-8H2. The van der Waals surface area contributed by atoms with E-state index in [4.69, 9.17) is 9.47 Å². The molecule has 1 fully saturated rings. The van der Waals surface area contributed by atoms with E-state index in [9.17, 15) is 9.59 Å². The second kappa shape index (κ2) is 6.16. The number of aromatic nitrogens is 2. The van der Waals surface area contributed by atoms with E-state index in [2.05, 4.69) is 15.5 Å². The van der Waals surface area contributed by atoms with Crippen LogP contribution in [0.3, 0.4) is 0 Å². The van der Waals surface area contributed by atoms with Crippen molar-refractivity contribution in [2.75, 3.05) is 24.5 Å². The van der Waals surface area contributed by atoms with Crippen LogP contribution in [0.2, 0.25) is 0 Å². The average molecular weight is 416 g/mol. The number of anilines is 1. The molecule has 0 amide bonds. The van der Waals surface area contributed by atoms with Gasteiger partial charge in [-0.3, -0.25) is 4.90 Å². The van der Waals surface area contributed by atoms with Gasteiger partial charge in [-0.15, -0.1) is 10.2 Å². The summed E-state index contributed by atoms with van der Waals surface area (Å²) in [6, 6.07) is 3.54. The van der Waals surface area contributed by atoms with Gasteiger partial charge in [-0.2, -0.15) is 0 Å². The molecule has 2 aliphatic heterocycles. The van der Waals surface area contributed by atoms with Crippen molar-refractivity contribution >= 4 is 40.3 Å². The zero-order valence-corrected chi connectivity index (χ0v) is 13.6. The number of carbonyl (C=O) groups excluding carboxylic acids is 2. The zero-order valence-electron chi connectivity index (χ0n) is 11.5. The fraction of sp³-hybridized carbons (Fsp3) is 0.385. The van der Waals surface area contributed by atoms with E-state index in [1.165, 1.54) is 0 Å². The van der Waals surface area contributed by atoms with Gasteiger partial charge >= 0.3 is 17.8 Å². The van der Waals surface area contributed by atoms with Crippen LogP contribution in [0.25, 0.3) is 0 Å². The molecule has 3 rings (SSSR count). The predicted octanol–water partition coefficient (Wildman–Crippen LogP) is 0.191. The average Bonchev–Trinajstić information content (AvgIpc) is 2.77. The first kappa shape index (κ1) is 15.2. The molecule has 0 atom stereocenters. The zero-order chi connectivity index (χ0) is 15.6. The van der Waals surface area contributed by atoms with Crippen LogP contribution >= 0.6 is 22.6 Å². The van der Waals surface area contributed by atoms with E-state index in [1.54, 1.807) is 17.0 Å². The summed E-state index contributed by atoms with van der Waals surface area (Å²) >= 11 is 2.05. The van der Waals surface area contributed by atoms with Crippen molar-refractivity contribution in [1.82, 2.24) is 15.5 Å². The van der Waals surface area contributed by atoms with Crippen LogP contribution in [-0.2, 0) is 19.1 Å². The van der Waals surface area contributed by atoms with Gasteiger partial charge in [-0.1, -0.05) is 0 Å². The number of hydrogen-bond donors (Lipinski definition) is 1. The second-order valence-corrected chi connectivity index (χ2v) is 5.89. The Balaban J connectivity index is 2.01. The third-order valence-corrected chi connectivity index (χ3v) is 3.84. The number of hydrogen-bond acceptors (Lipinski definition) is 8. The molecule has 3 heterocycles. The van der Waals surface area contributed by atoms with Crippen LogP contribution in [-0.4, -0.2) is 47.7 Å². The van der Waals surface area contributed by atoms with Gasteiger partial charge in [0.1, 0.15) is 3.70 Å². The maximum Gasteiger partial charge on any atom is 0.357 e. The second-order valence-electron chi connectivity index (χ2n) is 4.78. The summed E-state index contributed by atoms with van der Waals surface area (Å²) in [7, 11) is 0. The third-order valence-electron chi connectivity index (χ3n) is 3.27. The molecule has 1 aromatic heterocycles. The minimum absolute atomic E-state index is 0.153. The maximum atomic E-state index is 11.8. The van der Waals surface area contributed by atoms with Gasteiger partial charge in [0.15, 0.2) is 5.82 Å². The first-order chi connectivity index (χ1) is 10.6. The topological polar surface area (TPSA) is 93.7 Å². The molecule has 0 bridgehead atoms. The van der Waals surface area contributed by atoms with Gasteiger partial charge in [-0.25, -0.2) is 9.59 Å². The largest absolute Gasteiger partial charge is 0.399 e. The molecule has 0 radical (unpaired) electrons. The first-order valence-electron chi connectivity index (χ1n) is 6.71. The number of nitrogens with zero attached hydrogens (tertiary/aromatic N) is 3. The highest BCUT2D eigenvalue weighted by molar-refractivity contribution is 14.1. The number of esters is 2. The number of carbonyl (C=O) groups is 2. The highest BCUT2D eigenvalue weighted by Crippen LogP contribution is 2.28. The quantitative estimate of drug-likeness (QED) is 0.513.